The van der Waals surface area contributed by atoms with E-state index in [9.17, 15) is 4.79 Å². The third-order valence-corrected chi connectivity index (χ3v) is 2.85. The molecule has 1 aromatic heterocycles. The lowest BCUT2D eigenvalue weighted by atomic mass is 10.2. The summed E-state index contributed by atoms with van der Waals surface area (Å²) < 4.78 is 0. The van der Waals surface area contributed by atoms with Crippen molar-refractivity contribution in [2.75, 3.05) is 18.9 Å². The summed E-state index contributed by atoms with van der Waals surface area (Å²) in [7, 11) is 1.86. The Bertz CT molecular complexity index is 649. The summed E-state index contributed by atoms with van der Waals surface area (Å²) in [6.07, 6.45) is 1.73. The number of anilines is 1. The van der Waals surface area contributed by atoms with Gasteiger partial charge in [0.15, 0.2) is 0 Å². The van der Waals surface area contributed by atoms with Crippen molar-refractivity contribution in [1.29, 1.82) is 5.26 Å². The highest BCUT2D eigenvalue weighted by molar-refractivity contribution is 5.92. The van der Waals surface area contributed by atoms with Gasteiger partial charge >= 0.3 is 0 Å². The maximum Gasteiger partial charge on any atom is 0.238 e. The molecule has 1 N–H and O–H groups in total. The Balaban J connectivity index is 1.88. The predicted molar refractivity (Wildman–Crippen MR) is 80.4 cm³/mol. The number of nitriles is 1. The van der Waals surface area contributed by atoms with Crippen LogP contribution in [-0.2, 0) is 11.3 Å². The average molecular weight is 280 g/mol. The Morgan fingerprint density at radius 1 is 1.33 bits per heavy atom. The minimum Gasteiger partial charge on any atom is -0.325 e. The fourth-order valence-corrected chi connectivity index (χ4v) is 1.94. The SMILES string of the molecule is CN(CC(=O)Nc1cccc(C#N)c1)Cc1ccccn1. The zero-order chi connectivity index (χ0) is 15.1. The molecule has 2 aromatic rings. The van der Waals surface area contributed by atoms with Crippen LogP contribution in [0.25, 0.3) is 0 Å². The number of amides is 1. The van der Waals surface area contributed by atoms with E-state index in [1.54, 1.807) is 30.5 Å². The van der Waals surface area contributed by atoms with Crippen molar-refractivity contribution in [3.63, 3.8) is 0 Å². The van der Waals surface area contributed by atoms with Crippen LogP contribution < -0.4 is 5.32 Å². The summed E-state index contributed by atoms with van der Waals surface area (Å²) >= 11 is 0. The third kappa shape index (κ3) is 4.71. The predicted octanol–water partition coefficient (Wildman–Crippen LogP) is 2.02. The number of hydrogen-bond donors (Lipinski definition) is 1. The van der Waals surface area contributed by atoms with Crippen LogP contribution >= 0.6 is 0 Å². The fraction of sp³-hybridized carbons (Fsp3) is 0.188. The smallest absolute Gasteiger partial charge is 0.238 e. The molecule has 5 nitrogen and oxygen atoms in total. The molecule has 1 heterocycles. The fourth-order valence-electron chi connectivity index (χ4n) is 1.94. The summed E-state index contributed by atoms with van der Waals surface area (Å²) in [5.41, 5.74) is 2.07. The Hall–Kier alpha value is -2.71. The maximum atomic E-state index is 12.0. The summed E-state index contributed by atoms with van der Waals surface area (Å²) in [5.74, 6) is -0.122. The van der Waals surface area contributed by atoms with Gasteiger partial charge in [0.1, 0.15) is 0 Å². The Morgan fingerprint density at radius 2 is 2.19 bits per heavy atom. The van der Waals surface area contributed by atoms with Gasteiger partial charge in [-0.2, -0.15) is 5.26 Å². The molecule has 0 spiro atoms. The number of aromatic nitrogens is 1. The number of benzene rings is 1. The van der Waals surface area contributed by atoms with Gasteiger partial charge in [-0.1, -0.05) is 12.1 Å². The number of nitrogens with one attached hydrogen (secondary N) is 1. The zero-order valence-electron chi connectivity index (χ0n) is 11.8. The van der Waals surface area contributed by atoms with E-state index in [2.05, 4.69) is 10.3 Å². The van der Waals surface area contributed by atoms with E-state index < -0.39 is 0 Å². The minimum absolute atomic E-state index is 0.122. The molecular weight excluding hydrogens is 264 g/mol. The van der Waals surface area contributed by atoms with Crippen LogP contribution in [0.15, 0.2) is 48.7 Å². The van der Waals surface area contributed by atoms with Crippen LogP contribution in [0.5, 0.6) is 0 Å². The maximum absolute atomic E-state index is 12.0. The van der Waals surface area contributed by atoms with E-state index >= 15 is 0 Å². The lowest BCUT2D eigenvalue weighted by Crippen LogP contribution is -2.30. The molecule has 0 aliphatic carbocycles. The van der Waals surface area contributed by atoms with Crippen molar-refractivity contribution < 1.29 is 4.79 Å². The second-order valence-corrected chi connectivity index (χ2v) is 4.73. The average Bonchev–Trinajstić information content (AvgIpc) is 2.48. The van der Waals surface area contributed by atoms with Crippen molar-refractivity contribution in [2.24, 2.45) is 0 Å². The Morgan fingerprint density at radius 3 is 2.90 bits per heavy atom. The highest BCUT2D eigenvalue weighted by Gasteiger charge is 2.08. The van der Waals surface area contributed by atoms with Gasteiger partial charge in [-0.15, -0.1) is 0 Å². The van der Waals surface area contributed by atoms with E-state index in [0.717, 1.165) is 5.69 Å². The number of nitrogens with zero attached hydrogens (tertiary/aromatic N) is 3. The molecule has 21 heavy (non-hydrogen) atoms. The molecule has 1 amide bonds. The molecular formula is C16H16N4O. The molecule has 0 bridgehead atoms. The standard InChI is InChI=1S/C16H16N4O/c1-20(11-15-6-2-3-8-18-15)12-16(21)19-14-7-4-5-13(9-14)10-17/h2-9H,11-12H2,1H3,(H,19,21). The second kappa shape index (κ2) is 7.17. The zero-order valence-corrected chi connectivity index (χ0v) is 11.8. The minimum atomic E-state index is -0.122. The van der Waals surface area contributed by atoms with Crippen LogP contribution in [0, 0.1) is 11.3 Å². The first-order valence-corrected chi connectivity index (χ1v) is 6.56. The van der Waals surface area contributed by atoms with Crippen LogP contribution in [0.3, 0.4) is 0 Å². The molecule has 106 valence electrons. The van der Waals surface area contributed by atoms with Gasteiger partial charge in [-0.3, -0.25) is 14.7 Å². The third-order valence-electron chi connectivity index (χ3n) is 2.85. The lowest BCUT2D eigenvalue weighted by Gasteiger charge is -2.15. The van der Waals surface area contributed by atoms with Gasteiger partial charge in [0.2, 0.25) is 5.91 Å². The van der Waals surface area contributed by atoms with Gasteiger partial charge in [0.25, 0.3) is 0 Å². The number of rotatable bonds is 5. The van der Waals surface area contributed by atoms with Gasteiger partial charge in [-0.05, 0) is 37.4 Å². The molecule has 0 unspecified atom stereocenters. The number of likely N-dealkylation sites (N-methyl/N-ethyl adjacent to an activating group) is 1. The Kier molecular flexibility index (Phi) is 5.02. The first kappa shape index (κ1) is 14.7. The van der Waals surface area contributed by atoms with Gasteiger partial charge in [-0.25, -0.2) is 0 Å². The van der Waals surface area contributed by atoms with Gasteiger partial charge < -0.3 is 5.32 Å². The van der Waals surface area contributed by atoms with Crippen molar-refractivity contribution in [2.45, 2.75) is 6.54 Å². The molecule has 0 fully saturated rings. The number of pyridine rings is 1. The molecule has 0 atom stereocenters. The van der Waals surface area contributed by atoms with Crippen molar-refractivity contribution >= 4 is 11.6 Å². The van der Waals surface area contributed by atoms with Crippen LogP contribution in [0.4, 0.5) is 5.69 Å². The molecule has 0 aliphatic heterocycles. The molecule has 0 saturated heterocycles. The molecule has 1 aromatic carbocycles. The lowest BCUT2D eigenvalue weighted by molar-refractivity contribution is -0.117. The van der Waals surface area contributed by atoms with E-state index in [1.807, 2.05) is 36.2 Å². The van der Waals surface area contributed by atoms with E-state index in [0.29, 0.717) is 17.8 Å². The monoisotopic (exact) mass is 280 g/mol. The van der Waals surface area contributed by atoms with Crippen molar-refractivity contribution in [1.82, 2.24) is 9.88 Å². The molecule has 0 aliphatic rings. The largest absolute Gasteiger partial charge is 0.325 e. The quantitative estimate of drug-likeness (QED) is 0.909. The van der Waals surface area contributed by atoms with Crippen LogP contribution in [-0.4, -0.2) is 29.4 Å². The summed E-state index contributed by atoms with van der Waals surface area (Å²) in [6.45, 7) is 0.861. The van der Waals surface area contributed by atoms with E-state index in [4.69, 9.17) is 5.26 Å². The molecule has 0 saturated carbocycles. The van der Waals surface area contributed by atoms with Crippen molar-refractivity contribution in [3.8, 4) is 6.07 Å². The normalized spacial score (nSPS) is 10.1. The number of hydrogen-bond acceptors (Lipinski definition) is 4. The highest BCUT2D eigenvalue weighted by Crippen LogP contribution is 2.09. The number of carbonyl (C=O) groups excluding carboxylic acids is 1. The molecule has 2 rings (SSSR count). The summed E-state index contributed by atoms with van der Waals surface area (Å²) in [5, 5.41) is 11.6. The number of carbonyl (C=O) groups is 1. The first-order valence-electron chi connectivity index (χ1n) is 6.56. The molecule has 5 heteroatoms. The summed E-state index contributed by atoms with van der Waals surface area (Å²) in [6, 6.07) is 14.6. The molecule has 0 radical (unpaired) electrons. The van der Waals surface area contributed by atoms with E-state index in [-0.39, 0.29) is 12.5 Å². The van der Waals surface area contributed by atoms with Crippen LogP contribution in [0.2, 0.25) is 0 Å². The van der Waals surface area contributed by atoms with Crippen LogP contribution in [0.1, 0.15) is 11.3 Å². The van der Waals surface area contributed by atoms with Gasteiger partial charge in [0, 0.05) is 18.4 Å². The second-order valence-electron chi connectivity index (χ2n) is 4.73. The van der Waals surface area contributed by atoms with E-state index in [1.165, 1.54) is 0 Å². The Labute approximate surface area is 123 Å². The topological polar surface area (TPSA) is 69.0 Å². The summed E-state index contributed by atoms with van der Waals surface area (Å²) in [4.78, 5) is 18.1. The van der Waals surface area contributed by atoms with Gasteiger partial charge in [0.05, 0.1) is 23.9 Å². The van der Waals surface area contributed by atoms with Crippen molar-refractivity contribution in [3.05, 3.63) is 59.9 Å². The first-order chi connectivity index (χ1) is 10.2. The highest BCUT2D eigenvalue weighted by atomic mass is 16.2.